The normalized spacial score (nSPS) is 13.8. The topological polar surface area (TPSA) is 80.3 Å². The van der Waals surface area contributed by atoms with E-state index >= 15 is 0 Å². The summed E-state index contributed by atoms with van der Waals surface area (Å²) < 4.78 is 27.0. The molecule has 0 aliphatic rings. The molecule has 2 aromatic carbocycles. The Labute approximate surface area is 189 Å². The van der Waals surface area contributed by atoms with Crippen molar-refractivity contribution < 1.29 is 33.3 Å². The first-order valence-electron chi connectivity index (χ1n) is 10.6. The number of methoxy groups -OCH3 is 1. The molecule has 0 heterocycles. The Bertz CT molecular complexity index is 820. The standard InChI is InChI=1S/C25H32O7/c1-18(28-4)14-29-19(2)15-30-20(3)16-32-24(26)17-31-23-12-10-22(11-13-23)25(27)21-8-6-5-7-9-21/h5-13,18-20H,14-17H2,1-4H3. The third-order valence-corrected chi connectivity index (χ3v) is 4.62. The van der Waals surface area contributed by atoms with Gasteiger partial charge in [-0.05, 0) is 45.0 Å². The van der Waals surface area contributed by atoms with Crippen molar-refractivity contribution in [3.8, 4) is 5.75 Å². The second-order valence-electron chi connectivity index (χ2n) is 7.53. The summed E-state index contributed by atoms with van der Waals surface area (Å²) in [6.45, 7) is 6.43. The second kappa shape index (κ2) is 13.6. The number of hydrogen-bond donors (Lipinski definition) is 0. The van der Waals surface area contributed by atoms with E-state index in [4.69, 9.17) is 23.7 Å². The van der Waals surface area contributed by atoms with Crippen molar-refractivity contribution >= 4 is 11.8 Å². The van der Waals surface area contributed by atoms with Crippen molar-refractivity contribution in [2.24, 2.45) is 0 Å². The third-order valence-electron chi connectivity index (χ3n) is 4.62. The summed E-state index contributed by atoms with van der Waals surface area (Å²) in [6.07, 6.45) is -0.338. The minimum atomic E-state index is -0.497. The van der Waals surface area contributed by atoms with Crippen molar-refractivity contribution in [1.82, 2.24) is 0 Å². The number of hydrogen-bond acceptors (Lipinski definition) is 7. The largest absolute Gasteiger partial charge is 0.482 e. The lowest BCUT2D eigenvalue weighted by Crippen LogP contribution is -2.27. The highest BCUT2D eigenvalue weighted by Crippen LogP contribution is 2.15. The van der Waals surface area contributed by atoms with Crippen LogP contribution in [0.15, 0.2) is 54.6 Å². The Morgan fingerprint density at radius 3 is 1.94 bits per heavy atom. The molecule has 0 aromatic heterocycles. The number of rotatable bonds is 14. The summed E-state index contributed by atoms with van der Waals surface area (Å²) in [6, 6.07) is 15.7. The number of carbonyl (C=O) groups excluding carboxylic acids is 2. The van der Waals surface area contributed by atoms with E-state index in [1.165, 1.54) is 0 Å². The molecular weight excluding hydrogens is 412 g/mol. The number of carbonyl (C=O) groups is 2. The average Bonchev–Trinajstić information content (AvgIpc) is 2.83. The minimum absolute atomic E-state index is 0.0244. The molecule has 7 heteroatoms. The lowest BCUT2D eigenvalue weighted by atomic mass is 10.0. The first-order valence-corrected chi connectivity index (χ1v) is 10.6. The molecule has 0 saturated carbocycles. The molecule has 0 aliphatic carbocycles. The van der Waals surface area contributed by atoms with Crippen molar-refractivity contribution in [2.75, 3.05) is 33.5 Å². The predicted octanol–water partition coefficient (Wildman–Crippen LogP) is 3.68. The van der Waals surface area contributed by atoms with Gasteiger partial charge in [0.25, 0.3) is 0 Å². The van der Waals surface area contributed by atoms with Crippen molar-refractivity contribution in [3.05, 3.63) is 65.7 Å². The van der Waals surface area contributed by atoms with Gasteiger partial charge in [0.2, 0.25) is 0 Å². The second-order valence-corrected chi connectivity index (χ2v) is 7.53. The van der Waals surface area contributed by atoms with Gasteiger partial charge in [-0.15, -0.1) is 0 Å². The molecule has 7 nitrogen and oxygen atoms in total. The lowest BCUT2D eigenvalue weighted by Gasteiger charge is -2.19. The number of benzene rings is 2. The zero-order valence-corrected chi connectivity index (χ0v) is 19.1. The van der Waals surface area contributed by atoms with E-state index in [1.54, 1.807) is 43.5 Å². The van der Waals surface area contributed by atoms with Gasteiger partial charge in [0.05, 0.1) is 31.5 Å². The monoisotopic (exact) mass is 444 g/mol. The maximum Gasteiger partial charge on any atom is 0.344 e. The van der Waals surface area contributed by atoms with Gasteiger partial charge < -0.3 is 23.7 Å². The molecule has 0 fully saturated rings. The van der Waals surface area contributed by atoms with Gasteiger partial charge in [-0.25, -0.2) is 4.79 Å². The van der Waals surface area contributed by atoms with Crippen LogP contribution in [0.25, 0.3) is 0 Å². The fraction of sp³-hybridized carbons (Fsp3) is 0.440. The molecule has 0 amide bonds. The molecule has 3 unspecified atom stereocenters. The lowest BCUT2D eigenvalue weighted by molar-refractivity contribution is -0.150. The van der Waals surface area contributed by atoms with Crippen molar-refractivity contribution in [3.63, 3.8) is 0 Å². The van der Waals surface area contributed by atoms with E-state index in [0.29, 0.717) is 30.1 Å². The molecule has 0 saturated heterocycles. The Hall–Kier alpha value is -2.74. The van der Waals surface area contributed by atoms with Crippen LogP contribution in [0.1, 0.15) is 36.7 Å². The van der Waals surface area contributed by atoms with Gasteiger partial charge in [0.1, 0.15) is 12.4 Å². The number of ketones is 1. The van der Waals surface area contributed by atoms with Crippen molar-refractivity contribution in [1.29, 1.82) is 0 Å². The molecular formula is C25H32O7. The Kier molecular flexibility index (Phi) is 10.9. The Balaban J connectivity index is 1.65. The van der Waals surface area contributed by atoms with Gasteiger partial charge in [0, 0.05) is 18.2 Å². The van der Waals surface area contributed by atoms with E-state index in [0.717, 1.165) is 0 Å². The average molecular weight is 445 g/mol. The molecule has 0 radical (unpaired) electrons. The minimum Gasteiger partial charge on any atom is -0.482 e. The zero-order chi connectivity index (χ0) is 23.3. The van der Waals surface area contributed by atoms with Gasteiger partial charge >= 0.3 is 5.97 Å². The predicted molar refractivity (Wildman–Crippen MR) is 120 cm³/mol. The van der Waals surface area contributed by atoms with Gasteiger partial charge in [0.15, 0.2) is 12.4 Å². The van der Waals surface area contributed by atoms with Crippen LogP contribution in [0.5, 0.6) is 5.75 Å². The van der Waals surface area contributed by atoms with E-state index in [9.17, 15) is 9.59 Å². The van der Waals surface area contributed by atoms with Crippen LogP contribution in [0.2, 0.25) is 0 Å². The van der Waals surface area contributed by atoms with Crippen LogP contribution in [-0.4, -0.2) is 63.6 Å². The fourth-order valence-corrected chi connectivity index (χ4v) is 2.62. The molecule has 0 bridgehead atoms. The van der Waals surface area contributed by atoms with Crippen LogP contribution >= 0.6 is 0 Å². The van der Waals surface area contributed by atoms with Crippen LogP contribution in [-0.2, 0) is 23.7 Å². The van der Waals surface area contributed by atoms with Gasteiger partial charge in [-0.3, -0.25) is 4.79 Å². The SMILES string of the molecule is COC(C)COC(C)COC(C)COC(=O)COc1ccc(C(=O)c2ccccc2)cc1. The Morgan fingerprint density at radius 2 is 1.31 bits per heavy atom. The molecule has 3 atom stereocenters. The molecule has 0 aliphatic heterocycles. The van der Waals surface area contributed by atoms with Crippen LogP contribution in [0.3, 0.4) is 0 Å². The first-order chi connectivity index (χ1) is 15.4. The molecule has 0 spiro atoms. The summed E-state index contributed by atoms with van der Waals surface area (Å²) in [5, 5.41) is 0. The summed E-state index contributed by atoms with van der Waals surface area (Å²) in [5.74, 6) is -0.0892. The van der Waals surface area contributed by atoms with Gasteiger partial charge in [-0.2, -0.15) is 0 Å². The van der Waals surface area contributed by atoms with Crippen LogP contribution in [0.4, 0.5) is 0 Å². The summed E-state index contributed by atoms with van der Waals surface area (Å²) in [5.41, 5.74) is 1.17. The first kappa shape index (κ1) is 25.5. The quantitative estimate of drug-likeness (QED) is 0.325. The smallest absolute Gasteiger partial charge is 0.344 e. The van der Waals surface area contributed by atoms with Gasteiger partial charge in [-0.1, -0.05) is 30.3 Å². The highest BCUT2D eigenvalue weighted by Gasteiger charge is 2.13. The fourth-order valence-electron chi connectivity index (χ4n) is 2.62. The highest BCUT2D eigenvalue weighted by atomic mass is 16.6. The maximum atomic E-state index is 12.4. The summed E-state index contributed by atoms with van der Waals surface area (Å²) in [4.78, 5) is 24.3. The van der Waals surface area contributed by atoms with E-state index < -0.39 is 5.97 Å². The van der Waals surface area contributed by atoms with Crippen LogP contribution in [0, 0.1) is 0 Å². The molecule has 0 N–H and O–H groups in total. The van der Waals surface area contributed by atoms with Crippen molar-refractivity contribution in [2.45, 2.75) is 39.1 Å². The van der Waals surface area contributed by atoms with E-state index in [-0.39, 0.29) is 37.3 Å². The summed E-state index contributed by atoms with van der Waals surface area (Å²) in [7, 11) is 1.64. The summed E-state index contributed by atoms with van der Waals surface area (Å²) >= 11 is 0. The number of ether oxygens (including phenoxy) is 5. The van der Waals surface area contributed by atoms with E-state index in [2.05, 4.69) is 0 Å². The zero-order valence-electron chi connectivity index (χ0n) is 19.1. The third kappa shape index (κ3) is 9.18. The molecule has 32 heavy (non-hydrogen) atoms. The molecule has 174 valence electrons. The maximum absolute atomic E-state index is 12.4. The van der Waals surface area contributed by atoms with Crippen LogP contribution < -0.4 is 4.74 Å². The highest BCUT2D eigenvalue weighted by molar-refractivity contribution is 6.08. The Morgan fingerprint density at radius 1 is 0.750 bits per heavy atom. The number of esters is 1. The molecule has 2 aromatic rings. The van der Waals surface area contributed by atoms with E-state index in [1.807, 2.05) is 39.0 Å². The molecule has 2 rings (SSSR count).